The van der Waals surface area contributed by atoms with Crippen LogP contribution in [0.25, 0.3) is 11.1 Å². The maximum absolute atomic E-state index is 13.9. The fraction of sp³-hybridized carbons (Fsp3) is 0.150. The molecule has 0 amide bonds. The van der Waals surface area contributed by atoms with Crippen molar-refractivity contribution in [3.8, 4) is 11.1 Å². The standard InChI is InChI=1S/C20H18FN3O2S/c1-2-26-19(25)11-16-13-27-20(23-16)24-22-12-14-6-5-7-15(10-14)17-8-3-4-9-18(17)21/h3-10,12-13H,2,11H2,1H3,(H,23,24). The van der Waals surface area contributed by atoms with Gasteiger partial charge in [0.2, 0.25) is 5.13 Å². The summed E-state index contributed by atoms with van der Waals surface area (Å²) in [4.78, 5) is 15.7. The average molecular weight is 383 g/mol. The van der Waals surface area contributed by atoms with Gasteiger partial charge in [0.05, 0.1) is 24.9 Å². The highest BCUT2D eigenvalue weighted by molar-refractivity contribution is 7.13. The molecule has 0 aliphatic rings. The molecule has 0 atom stereocenters. The summed E-state index contributed by atoms with van der Waals surface area (Å²) in [7, 11) is 0. The van der Waals surface area contributed by atoms with E-state index in [2.05, 4.69) is 15.5 Å². The van der Waals surface area contributed by atoms with Gasteiger partial charge in [0, 0.05) is 10.9 Å². The lowest BCUT2D eigenvalue weighted by Gasteiger charge is -2.04. The Labute approximate surface area is 160 Å². The van der Waals surface area contributed by atoms with E-state index in [0.29, 0.717) is 23.0 Å². The van der Waals surface area contributed by atoms with Crippen LogP contribution in [0.2, 0.25) is 0 Å². The second-order valence-electron chi connectivity index (χ2n) is 5.60. The van der Waals surface area contributed by atoms with Crippen molar-refractivity contribution in [2.45, 2.75) is 13.3 Å². The molecule has 3 rings (SSSR count). The Bertz CT molecular complexity index is 956. The zero-order valence-electron chi connectivity index (χ0n) is 14.7. The summed E-state index contributed by atoms with van der Waals surface area (Å²) in [5.74, 6) is -0.565. The monoisotopic (exact) mass is 383 g/mol. The normalized spacial score (nSPS) is 10.9. The van der Waals surface area contributed by atoms with E-state index < -0.39 is 0 Å². The molecule has 0 aliphatic carbocycles. The first-order valence-electron chi connectivity index (χ1n) is 8.40. The van der Waals surface area contributed by atoms with Crippen molar-refractivity contribution in [3.05, 3.63) is 71.0 Å². The maximum Gasteiger partial charge on any atom is 0.311 e. The minimum atomic E-state index is -0.303. The van der Waals surface area contributed by atoms with Crippen LogP contribution in [0.5, 0.6) is 0 Å². The van der Waals surface area contributed by atoms with Crippen molar-refractivity contribution < 1.29 is 13.9 Å². The molecule has 5 nitrogen and oxygen atoms in total. The number of rotatable bonds is 7. The number of nitrogens with one attached hydrogen (secondary N) is 1. The number of anilines is 1. The number of ether oxygens (including phenoxy) is 1. The van der Waals surface area contributed by atoms with Crippen LogP contribution in [-0.4, -0.2) is 23.8 Å². The molecule has 1 N–H and O–H groups in total. The van der Waals surface area contributed by atoms with Crippen LogP contribution in [0.4, 0.5) is 9.52 Å². The number of nitrogens with zero attached hydrogens (tertiary/aromatic N) is 2. The summed E-state index contributed by atoms with van der Waals surface area (Å²) >= 11 is 1.35. The highest BCUT2D eigenvalue weighted by atomic mass is 32.1. The molecule has 138 valence electrons. The molecule has 0 bridgehead atoms. The third kappa shape index (κ3) is 5.21. The topological polar surface area (TPSA) is 63.6 Å². The van der Waals surface area contributed by atoms with Gasteiger partial charge in [0.15, 0.2) is 0 Å². The van der Waals surface area contributed by atoms with Gasteiger partial charge >= 0.3 is 5.97 Å². The molecule has 7 heteroatoms. The van der Waals surface area contributed by atoms with E-state index in [1.54, 1.807) is 36.7 Å². The van der Waals surface area contributed by atoms with Crippen LogP contribution in [-0.2, 0) is 16.0 Å². The molecular weight excluding hydrogens is 365 g/mol. The van der Waals surface area contributed by atoms with Gasteiger partial charge in [0.1, 0.15) is 5.82 Å². The minimum absolute atomic E-state index is 0.139. The molecule has 3 aromatic rings. The van der Waals surface area contributed by atoms with E-state index in [9.17, 15) is 9.18 Å². The summed E-state index contributed by atoms with van der Waals surface area (Å²) in [5, 5.41) is 6.53. The number of carbonyl (C=O) groups is 1. The summed E-state index contributed by atoms with van der Waals surface area (Å²) in [5.41, 5.74) is 5.63. The molecule has 0 saturated carbocycles. The molecular formula is C20H18FN3O2S. The quantitative estimate of drug-likeness (QED) is 0.371. The summed E-state index contributed by atoms with van der Waals surface area (Å²) in [6, 6.07) is 14.1. The molecule has 1 heterocycles. The lowest BCUT2D eigenvalue weighted by Crippen LogP contribution is -2.07. The van der Waals surface area contributed by atoms with Gasteiger partial charge in [-0.3, -0.25) is 10.2 Å². The van der Waals surface area contributed by atoms with Crippen LogP contribution in [0.1, 0.15) is 18.2 Å². The molecule has 0 saturated heterocycles. The highest BCUT2D eigenvalue weighted by Crippen LogP contribution is 2.23. The van der Waals surface area contributed by atoms with Crippen molar-refractivity contribution in [3.63, 3.8) is 0 Å². The Hall–Kier alpha value is -3.06. The first kappa shape index (κ1) is 18.7. The predicted octanol–water partition coefficient (Wildman–Crippen LogP) is 4.50. The van der Waals surface area contributed by atoms with Gasteiger partial charge in [-0.15, -0.1) is 11.3 Å². The average Bonchev–Trinajstić information content (AvgIpc) is 3.10. The van der Waals surface area contributed by atoms with Crippen molar-refractivity contribution in [2.24, 2.45) is 5.10 Å². The van der Waals surface area contributed by atoms with Gasteiger partial charge < -0.3 is 4.74 Å². The first-order valence-corrected chi connectivity index (χ1v) is 9.27. The van der Waals surface area contributed by atoms with Crippen LogP contribution in [0, 0.1) is 5.82 Å². The smallest absolute Gasteiger partial charge is 0.311 e. The SMILES string of the molecule is CCOC(=O)Cc1csc(NN=Cc2cccc(-c3ccccc3F)c2)n1. The molecule has 0 unspecified atom stereocenters. The number of aromatic nitrogens is 1. The molecule has 0 radical (unpaired) electrons. The molecule has 0 spiro atoms. The van der Waals surface area contributed by atoms with Crippen LogP contribution in [0.15, 0.2) is 59.0 Å². The maximum atomic E-state index is 13.9. The van der Waals surface area contributed by atoms with Crippen molar-refractivity contribution in [1.29, 1.82) is 0 Å². The number of benzene rings is 2. The van der Waals surface area contributed by atoms with Crippen molar-refractivity contribution in [2.75, 3.05) is 12.0 Å². The Balaban J connectivity index is 1.64. The van der Waals surface area contributed by atoms with E-state index >= 15 is 0 Å². The number of thiazole rings is 1. The van der Waals surface area contributed by atoms with Crippen molar-refractivity contribution in [1.82, 2.24) is 4.98 Å². The zero-order valence-corrected chi connectivity index (χ0v) is 15.5. The highest BCUT2D eigenvalue weighted by Gasteiger charge is 2.08. The van der Waals surface area contributed by atoms with Crippen LogP contribution >= 0.6 is 11.3 Å². The molecule has 1 aromatic heterocycles. The first-order chi connectivity index (χ1) is 13.2. The van der Waals surface area contributed by atoms with E-state index in [1.807, 2.05) is 24.3 Å². The third-order valence-electron chi connectivity index (χ3n) is 3.63. The zero-order chi connectivity index (χ0) is 19.1. The number of carbonyl (C=O) groups excluding carboxylic acids is 1. The summed E-state index contributed by atoms with van der Waals surface area (Å²) < 4.78 is 18.8. The van der Waals surface area contributed by atoms with Gasteiger partial charge in [-0.2, -0.15) is 5.10 Å². The van der Waals surface area contributed by atoms with Crippen LogP contribution in [0.3, 0.4) is 0 Å². The lowest BCUT2D eigenvalue weighted by molar-refractivity contribution is -0.142. The lowest BCUT2D eigenvalue weighted by atomic mass is 10.0. The molecule has 2 aromatic carbocycles. The predicted molar refractivity (Wildman–Crippen MR) is 106 cm³/mol. The number of hydrogen-bond donors (Lipinski definition) is 1. The third-order valence-corrected chi connectivity index (χ3v) is 4.42. The number of hydrogen-bond acceptors (Lipinski definition) is 6. The van der Waals surface area contributed by atoms with E-state index in [0.717, 1.165) is 11.1 Å². The fourth-order valence-corrected chi connectivity index (χ4v) is 3.10. The van der Waals surface area contributed by atoms with Crippen molar-refractivity contribution >= 4 is 28.7 Å². The van der Waals surface area contributed by atoms with Gasteiger partial charge in [0.25, 0.3) is 0 Å². The fourth-order valence-electron chi connectivity index (χ4n) is 2.44. The summed E-state index contributed by atoms with van der Waals surface area (Å²) in [6.07, 6.45) is 1.77. The number of hydrazone groups is 1. The van der Waals surface area contributed by atoms with Gasteiger partial charge in [-0.25, -0.2) is 9.37 Å². The molecule has 0 fully saturated rings. The second kappa shape index (κ2) is 9.05. The Morgan fingerprint density at radius 1 is 1.30 bits per heavy atom. The number of halogens is 1. The van der Waals surface area contributed by atoms with E-state index in [-0.39, 0.29) is 18.2 Å². The van der Waals surface area contributed by atoms with Crippen LogP contribution < -0.4 is 5.43 Å². The molecule has 0 aliphatic heterocycles. The second-order valence-corrected chi connectivity index (χ2v) is 6.46. The minimum Gasteiger partial charge on any atom is -0.466 e. The summed E-state index contributed by atoms with van der Waals surface area (Å²) in [6.45, 7) is 2.12. The van der Waals surface area contributed by atoms with E-state index in [1.165, 1.54) is 17.4 Å². The Morgan fingerprint density at radius 2 is 2.15 bits per heavy atom. The van der Waals surface area contributed by atoms with E-state index in [4.69, 9.17) is 4.74 Å². The Kier molecular flexibility index (Phi) is 6.27. The van der Waals surface area contributed by atoms with Gasteiger partial charge in [-0.05, 0) is 30.2 Å². The van der Waals surface area contributed by atoms with Gasteiger partial charge in [-0.1, -0.05) is 36.4 Å². The number of esters is 1. The Morgan fingerprint density at radius 3 is 2.96 bits per heavy atom. The largest absolute Gasteiger partial charge is 0.466 e. The molecule has 27 heavy (non-hydrogen) atoms.